The van der Waals surface area contributed by atoms with Gasteiger partial charge in [-0.15, -0.1) is 11.8 Å². The number of anilines is 1. The number of carbonyl (C=O) groups excluding carboxylic acids is 1. The van der Waals surface area contributed by atoms with Gasteiger partial charge in [0.15, 0.2) is 0 Å². The van der Waals surface area contributed by atoms with Crippen molar-refractivity contribution in [1.29, 1.82) is 0 Å². The molecular formula is C17H19FN2O2S. The van der Waals surface area contributed by atoms with Crippen molar-refractivity contribution in [3.05, 3.63) is 54.1 Å². The highest BCUT2D eigenvalue weighted by molar-refractivity contribution is 7.99. The second-order valence-electron chi connectivity index (χ2n) is 5.06. The Morgan fingerprint density at radius 3 is 3.00 bits per heavy atom. The van der Waals surface area contributed by atoms with E-state index < -0.39 is 5.92 Å². The van der Waals surface area contributed by atoms with Crippen LogP contribution in [0.25, 0.3) is 0 Å². The van der Waals surface area contributed by atoms with Crippen LogP contribution in [0, 0.1) is 5.82 Å². The van der Waals surface area contributed by atoms with Crippen LogP contribution in [0.15, 0.2) is 47.6 Å². The Kier molecular flexibility index (Phi) is 6.55. The van der Waals surface area contributed by atoms with Crippen molar-refractivity contribution >= 4 is 23.4 Å². The second-order valence-corrected chi connectivity index (χ2v) is 6.20. The van der Waals surface area contributed by atoms with Gasteiger partial charge in [0.05, 0.1) is 17.8 Å². The Labute approximate surface area is 139 Å². The van der Waals surface area contributed by atoms with Crippen molar-refractivity contribution in [2.75, 3.05) is 17.7 Å². The zero-order chi connectivity index (χ0) is 16.7. The first-order valence-electron chi connectivity index (χ1n) is 7.36. The maximum atomic E-state index is 13.3. The lowest BCUT2D eigenvalue weighted by Crippen LogP contribution is -2.19. The van der Waals surface area contributed by atoms with E-state index in [1.165, 1.54) is 12.1 Å². The molecule has 2 rings (SSSR count). The Balaban J connectivity index is 2.07. The number of pyridine rings is 1. The third kappa shape index (κ3) is 5.04. The summed E-state index contributed by atoms with van der Waals surface area (Å²) in [6.07, 6.45) is 3.94. The summed E-state index contributed by atoms with van der Waals surface area (Å²) >= 11 is 1.55. The van der Waals surface area contributed by atoms with Gasteiger partial charge >= 0.3 is 0 Å². The molecule has 4 nitrogen and oxygen atoms in total. The summed E-state index contributed by atoms with van der Waals surface area (Å²) in [6.45, 7) is 1.87. The average molecular weight is 334 g/mol. The third-order valence-corrected chi connectivity index (χ3v) is 4.50. The summed E-state index contributed by atoms with van der Waals surface area (Å²) in [5.41, 5.74) is 1.25. The number of hydrogen-bond donors (Lipinski definition) is 2. The normalized spacial score (nSPS) is 12.0. The largest absolute Gasteiger partial charge is 0.396 e. The molecule has 1 atom stereocenters. The molecule has 1 unspecified atom stereocenters. The van der Waals surface area contributed by atoms with Crippen molar-refractivity contribution in [1.82, 2.24) is 4.98 Å². The highest BCUT2D eigenvalue weighted by Gasteiger charge is 2.17. The maximum Gasteiger partial charge on any atom is 0.231 e. The fraction of sp³-hybridized carbons (Fsp3) is 0.294. The van der Waals surface area contributed by atoms with Crippen LogP contribution in [0.5, 0.6) is 0 Å². The fourth-order valence-corrected chi connectivity index (χ4v) is 2.93. The van der Waals surface area contributed by atoms with Crippen LogP contribution in [-0.2, 0) is 4.79 Å². The first-order chi connectivity index (χ1) is 11.1. The molecule has 0 saturated carbocycles. The molecular weight excluding hydrogens is 315 g/mol. The molecule has 0 radical (unpaired) electrons. The lowest BCUT2D eigenvalue weighted by Gasteiger charge is -2.14. The fourth-order valence-electron chi connectivity index (χ4n) is 2.02. The zero-order valence-corrected chi connectivity index (χ0v) is 13.6. The molecule has 0 saturated heterocycles. The number of halogens is 1. The van der Waals surface area contributed by atoms with Gasteiger partial charge in [0, 0.05) is 23.5 Å². The van der Waals surface area contributed by atoms with Gasteiger partial charge in [-0.3, -0.25) is 9.78 Å². The average Bonchev–Trinajstić information content (AvgIpc) is 2.56. The summed E-state index contributed by atoms with van der Waals surface area (Å²) in [4.78, 5) is 17.3. The van der Waals surface area contributed by atoms with Crippen molar-refractivity contribution in [2.24, 2.45) is 0 Å². The van der Waals surface area contributed by atoms with Crippen LogP contribution in [0.3, 0.4) is 0 Å². The second kappa shape index (κ2) is 8.64. The minimum Gasteiger partial charge on any atom is -0.396 e. The molecule has 0 fully saturated rings. The Bertz CT molecular complexity index is 667. The molecule has 0 spiro atoms. The zero-order valence-electron chi connectivity index (χ0n) is 12.8. The number of nitrogens with one attached hydrogen (secondary N) is 1. The van der Waals surface area contributed by atoms with Gasteiger partial charge in [-0.05, 0) is 37.1 Å². The van der Waals surface area contributed by atoms with E-state index in [9.17, 15) is 9.18 Å². The molecule has 23 heavy (non-hydrogen) atoms. The van der Waals surface area contributed by atoms with Crippen molar-refractivity contribution < 1.29 is 14.3 Å². The topological polar surface area (TPSA) is 62.2 Å². The highest BCUT2D eigenvalue weighted by Crippen LogP contribution is 2.28. The molecule has 1 amide bonds. The number of aliphatic hydroxyl groups excluding tert-OH is 1. The molecule has 2 N–H and O–H groups in total. The van der Waals surface area contributed by atoms with Gasteiger partial charge in [0.2, 0.25) is 5.91 Å². The lowest BCUT2D eigenvalue weighted by molar-refractivity contribution is -0.117. The van der Waals surface area contributed by atoms with Crippen molar-refractivity contribution in [3.63, 3.8) is 0 Å². The predicted octanol–water partition coefficient (Wildman–Crippen LogP) is 3.44. The minimum atomic E-state index is -0.471. The van der Waals surface area contributed by atoms with Gasteiger partial charge in [0.25, 0.3) is 0 Å². The number of carbonyl (C=O) groups is 1. The maximum absolute atomic E-state index is 13.3. The van der Waals surface area contributed by atoms with Gasteiger partial charge in [-0.2, -0.15) is 0 Å². The lowest BCUT2D eigenvalue weighted by atomic mass is 10.0. The monoisotopic (exact) mass is 334 g/mol. The van der Waals surface area contributed by atoms with Crippen LogP contribution < -0.4 is 5.32 Å². The van der Waals surface area contributed by atoms with Gasteiger partial charge in [-0.1, -0.05) is 12.1 Å². The smallest absolute Gasteiger partial charge is 0.231 e. The van der Waals surface area contributed by atoms with E-state index in [1.54, 1.807) is 43.2 Å². The van der Waals surface area contributed by atoms with Gasteiger partial charge in [0.1, 0.15) is 5.82 Å². The van der Waals surface area contributed by atoms with Crippen molar-refractivity contribution in [2.45, 2.75) is 24.2 Å². The van der Waals surface area contributed by atoms with Crippen LogP contribution in [0.2, 0.25) is 0 Å². The molecule has 0 aliphatic heterocycles. The van der Waals surface area contributed by atoms with Gasteiger partial charge in [-0.25, -0.2) is 4.39 Å². The summed E-state index contributed by atoms with van der Waals surface area (Å²) in [5, 5.41) is 11.7. The van der Waals surface area contributed by atoms with Gasteiger partial charge < -0.3 is 10.4 Å². The Morgan fingerprint density at radius 2 is 2.26 bits per heavy atom. The number of hydrogen-bond acceptors (Lipinski definition) is 4. The number of thioether (sulfide) groups is 1. The number of benzene rings is 1. The Morgan fingerprint density at radius 1 is 1.43 bits per heavy atom. The number of amides is 1. The predicted molar refractivity (Wildman–Crippen MR) is 90.1 cm³/mol. The first kappa shape index (κ1) is 17.4. The number of rotatable bonds is 7. The molecule has 2 aromatic rings. The van der Waals surface area contributed by atoms with Crippen LogP contribution in [-0.4, -0.2) is 28.4 Å². The number of aliphatic hydroxyl groups is 1. The molecule has 1 aromatic heterocycles. The molecule has 6 heteroatoms. The standard InChI is InChI=1S/C17H19FN2O2S/c1-12(13-4-2-5-14(18)10-13)17(22)20-15-11-19-7-6-16(15)23-9-3-8-21/h2,4-7,10-12,21H,3,8-9H2,1H3,(H,20,22). The minimum absolute atomic E-state index is 0.135. The van der Waals surface area contributed by atoms with Crippen molar-refractivity contribution in [3.8, 4) is 0 Å². The summed E-state index contributed by atoms with van der Waals surface area (Å²) in [6, 6.07) is 7.86. The number of aromatic nitrogens is 1. The summed E-state index contributed by atoms with van der Waals surface area (Å²) in [7, 11) is 0. The van der Waals surface area contributed by atoms with Crippen LogP contribution in [0.1, 0.15) is 24.8 Å². The molecule has 1 aromatic carbocycles. The van der Waals surface area contributed by atoms with E-state index in [4.69, 9.17) is 5.11 Å². The molecule has 0 bridgehead atoms. The summed E-state index contributed by atoms with van der Waals surface area (Å²) < 4.78 is 13.3. The van der Waals surface area contributed by atoms with E-state index in [0.717, 1.165) is 10.6 Å². The molecule has 0 aliphatic carbocycles. The number of nitrogens with zero attached hydrogens (tertiary/aromatic N) is 1. The van der Waals surface area contributed by atoms with E-state index in [-0.39, 0.29) is 18.3 Å². The first-order valence-corrected chi connectivity index (χ1v) is 8.34. The van der Waals surface area contributed by atoms with Crippen LogP contribution >= 0.6 is 11.8 Å². The van der Waals surface area contributed by atoms with E-state index in [2.05, 4.69) is 10.3 Å². The quantitative estimate of drug-likeness (QED) is 0.601. The SMILES string of the molecule is CC(C(=O)Nc1cnccc1SCCCO)c1cccc(F)c1. The highest BCUT2D eigenvalue weighted by atomic mass is 32.2. The third-order valence-electron chi connectivity index (χ3n) is 3.34. The van der Waals surface area contributed by atoms with E-state index in [0.29, 0.717) is 17.7 Å². The molecule has 0 aliphatic rings. The van der Waals surface area contributed by atoms with E-state index in [1.807, 2.05) is 6.07 Å². The Hall–Kier alpha value is -1.92. The summed E-state index contributed by atoms with van der Waals surface area (Å²) in [5.74, 6) is -0.291. The van der Waals surface area contributed by atoms with Crippen LogP contribution in [0.4, 0.5) is 10.1 Å². The van der Waals surface area contributed by atoms with E-state index >= 15 is 0 Å². The molecule has 122 valence electrons. The molecule has 1 heterocycles.